The molecule has 1 N–H and O–H groups in total. The fourth-order valence-electron chi connectivity index (χ4n) is 4.71. The molecule has 2 saturated heterocycles. The zero-order chi connectivity index (χ0) is 25.5. The zero-order valence-electron chi connectivity index (χ0n) is 20.5. The first-order chi connectivity index (χ1) is 17.3. The molecule has 8 nitrogen and oxygen atoms in total. The van der Waals surface area contributed by atoms with E-state index >= 15 is 0 Å². The maximum Gasteiger partial charge on any atom is 0.433 e. The average Bonchev–Trinajstić information content (AvgIpc) is 2.89. The van der Waals surface area contributed by atoms with Gasteiger partial charge < -0.3 is 19.9 Å². The molecule has 37 heavy (non-hydrogen) atoms. The van der Waals surface area contributed by atoms with Crippen molar-refractivity contribution >= 4 is 17.3 Å². The van der Waals surface area contributed by atoms with Crippen molar-refractivity contribution in [1.82, 2.24) is 19.8 Å². The fourth-order valence-corrected chi connectivity index (χ4v) is 4.71. The topological polar surface area (TPSA) is 73.8 Å². The van der Waals surface area contributed by atoms with Crippen molar-refractivity contribution in [1.29, 1.82) is 0 Å². The predicted molar refractivity (Wildman–Crippen MR) is 138 cm³/mol. The van der Waals surface area contributed by atoms with Crippen LogP contribution in [0.1, 0.15) is 38.8 Å². The maximum absolute atomic E-state index is 12.9. The SMILES string of the molecule is C.COc1ccc(N2CCN(CCCC(=O)N3CCC(Nc4ccnc(C(F)(F)F)c4)CC3)CC2)cn1. The Bertz CT molecular complexity index is 989. The van der Waals surface area contributed by atoms with E-state index in [9.17, 15) is 18.0 Å². The van der Waals surface area contributed by atoms with Crippen LogP contribution in [0, 0.1) is 0 Å². The first-order valence-corrected chi connectivity index (χ1v) is 12.4. The summed E-state index contributed by atoms with van der Waals surface area (Å²) in [5, 5.41) is 3.16. The highest BCUT2D eigenvalue weighted by molar-refractivity contribution is 5.76. The van der Waals surface area contributed by atoms with E-state index in [1.165, 1.54) is 6.20 Å². The number of amides is 1. The number of hydrogen-bond donors (Lipinski definition) is 1. The highest BCUT2D eigenvalue weighted by Gasteiger charge is 2.32. The Kier molecular flexibility index (Phi) is 9.96. The number of methoxy groups -OCH3 is 1. The van der Waals surface area contributed by atoms with Gasteiger partial charge in [-0.25, -0.2) is 4.98 Å². The van der Waals surface area contributed by atoms with Gasteiger partial charge in [0.2, 0.25) is 11.8 Å². The first-order valence-electron chi connectivity index (χ1n) is 12.4. The van der Waals surface area contributed by atoms with E-state index in [1.807, 2.05) is 23.2 Å². The molecule has 2 aromatic heterocycles. The summed E-state index contributed by atoms with van der Waals surface area (Å²) in [6.45, 7) is 5.85. The number of piperazine rings is 1. The third-order valence-electron chi connectivity index (χ3n) is 6.80. The molecule has 1 amide bonds. The number of anilines is 2. The molecule has 0 saturated carbocycles. The average molecular weight is 523 g/mol. The Morgan fingerprint density at radius 2 is 1.81 bits per heavy atom. The van der Waals surface area contributed by atoms with Gasteiger partial charge in [0.15, 0.2) is 0 Å². The Morgan fingerprint density at radius 3 is 2.43 bits per heavy atom. The second-order valence-corrected chi connectivity index (χ2v) is 9.22. The van der Waals surface area contributed by atoms with Gasteiger partial charge in [-0.3, -0.25) is 14.7 Å². The van der Waals surface area contributed by atoms with E-state index in [2.05, 4.69) is 25.1 Å². The number of nitrogens with one attached hydrogen (secondary N) is 1. The molecule has 2 aliphatic heterocycles. The molecule has 0 aromatic carbocycles. The van der Waals surface area contributed by atoms with E-state index in [4.69, 9.17) is 4.74 Å². The van der Waals surface area contributed by atoms with Crippen LogP contribution in [-0.2, 0) is 11.0 Å². The van der Waals surface area contributed by atoms with Gasteiger partial charge in [0.1, 0.15) is 5.69 Å². The van der Waals surface area contributed by atoms with Gasteiger partial charge in [0, 0.05) is 69.7 Å². The number of carbonyl (C=O) groups is 1. The monoisotopic (exact) mass is 522 g/mol. The van der Waals surface area contributed by atoms with Crippen molar-refractivity contribution in [2.24, 2.45) is 0 Å². The fraction of sp³-hybridized carbons (Fsp3) is 0.577. The minimum Gasteiger partial charge on any atom is -0.481 e. The summed E-state index contributed by atoms with van der Waals surface area (Å²) in [7, 11) is 1.60. The number of aromatic nitrogens is 2. The number of piperidine rings is 1. The lowest BCUT2D eigenvalue weighted by atomic mass is 10.0. The lowest BCUT2D eigenvalue weighted by Crippen LogP contribution is -2.47. The molecule has 0 bridgehead atoms. The first kappa shape index (κ1) is 28.5. The van der Waals surface area contributed by atoms with Gasteiger partial charge in [-0.15, -0.1) is 0 Å². The third-order valence-corrected chi connectivity index (χ3v) is 6.80. The number of alkyl halides is 3. The standard InChI is InChI=1S/C25H33F3N6O2.CH4/c1-36-23-5-4-21(18-30-23)33-15-13-32(14-16-33)10-2-3-24(35)34-11-7-19(8-12-34)31-20-6-9-29-22(17-20)25(26,27)28;/h4-6,9,17-19H,2-3,7-8,10-16H2,1H3,(H,29,31);1H4. The van der Waals surface area contributed by atoms with Crippen LogP contribution < -0.4 is 15.0 Å². The van der Waals surface area contributed by atoms with Crippen LogP contribution in [0.4, 0.5) is 24.5 Å². The zero-order valence-corrected chi connectivity index (χ0v) is 20.5. The number of rotatable bonds is 8. The number of carbonyl (C=O) groups excluding carboxylic acids is 1. The number of pyridine rings is 2. The number of halogens is 3. The summed E-state index contributed by atoms with van der Waals surface area (Å²) >= 11 is 0. The van der Waals surface area contributed by atoms with Crippen LogP contribution in [0.3, 0.4) is 0 Å². The summed E-state index contributed by atoms with van der Waals surface area (Å²) in [5.74, 6) is 0.760. The second-order valence-electron chi connectivity index (χ2n) is 9.22. The van der Waals surface area contributed by atoms with E-state index < -0.39 is 11.9 Å². The molecule has 2 aliphatic rings. The van der Waals surface area contributed by atoms with Gasteiger partial charge in [0.25, 0.3) is 0 Å². The molecule has 4 heterocycles. The van der Waals surface area contributed by atoms with Crippen LogP contribution in [0.15, 0.2) is 36.7 Å². The van der Waals surface area contributed by atoms with Crippen molar-refractivity contribution in [3.05, 3.63) is 42.4 Å². The Morgan fingerprint density at radius 1 is 1.08 bits per heavy atom. The molecule has 0 aliphatic carbocycles. The second kappa shape index (κ2) is 12.9. The summed E-state index contributed by atoms with van der Waals surface area (Å²) in [6, 6.07) is 6.51. The Balaban J connectivity index is 0.00000380. The van der Waals surface area contributed by atoms with E-state index in [0.29, 0.717) is 43.9 Å². The Labute approximate surface area is 216 Å². The molecular weight excluding hydrogens is 485 g/mol. The molecule has 4 rings (SSSR count). The molecule has 11 heteroatoms. The van der Waals surface area contributed by atoms with Crippen LogP contribution >= 0.6 is 0 Å². The van der Waals surface area contributed by atoms with Crippen molar-refractivity contribution in [2.75, 3.05) is 63.1 Å². The Hall–Kier alpha value is -3.08. The predicted octanol–water partition coefficient (Wildman–Crippen LogP) is 4.15. The summed E-state index contributed by atoms with van der Waals surface area (Å²) in [6.07, 6.45) is 1.28. The van der Waals surface area contributed by atoms with Gasteiger partial charge in [-0.2, -0.15) is 13.2 Å². The quantitative estimate of drug-likeness (QED) is 0.559. The van der Waals surface area contributed by atoms with Gasteiger partial charge in [-0.1, -0.05) is 7.43 Å². The lowest BCUT2D eigenvalue weighted by molar-refractivity contribution is -0.141. The summed E-state index contributed by atoms with van der Waals surface area (Å²) in [5.41, 5.74) is 0.595. The number of likely N-dealkylation sites (tertiary alicyclic amines) is 1. The molecule has 0 radical (unpaired) electrons. The van der Waals surface area contributed by atoms with E-state index in [0.717, 1.165) is 50.9 Å². The minimum atomic E-state index is -4.46. The van der Waals surface area contributed by atoms with Crippen molar-refractivity contribution < 1.29 is 22.7 Å². The molecule has 2 aromatic rings. The summed E-state index contributed by atoms with van der Waals surface area (Å²) < 4.78 is 43.7. The van der Waals surface area contributed by atoms with Crippen LogP contribution in [0.2, 0.25) is 0 Å². The van der Waals surface area contributed by atoms with Crippen LogP contribution in [-0.4, -0.2) is 84.6 Å². The molecule has 2 fully saturated rings. The molecule has 0 atom stereocenters. The van der Waals surface area contributed by atoms with Crippen molar-refractivity contribution in [3.8, 4) is 5.88 Å². The number of hydrogen-bond acceptors (Lipinski definition) is 7. The molecular formula is C26H37F3N6O2. The smallest absolute Gasteiger partial charge is 0.433 e. The third kappa shape index (κ3) is 7.95. The van der Waals surface area contributed by atoms with Crippen molar-refractivity contribution in [2.45, 2.75) is 45.3 Å². The van der Waals surface area contributed by atoms with Crippen molar-refractivity contribution in [3.63, 3.8) is 0 Å². The molecule has 0 unspecified atom stereocenters. The summed E-state index contributed by atoms with van der Waals surface area (Å²) in [4.78, 5) is 26.9. The highest BCUT2D eigenvalue weighted by Crippen LogP contribution is 2.29. The van der Waals surface area contributed by atoms with Gasteiger partial charge >= 0.3 is 6.18 Å². The number of nitrogens with zero attached hydrogens (tertiary/aromatic N) is 5. The number of ether oxygens (including phenoxy) is 1. The van der Waals surface area contributed by atoms with Crippen LogP contribution in [0.5, 0.6) is 5.88 Å². The highest BCUT2D eigenvalue weighted by atomic mass is 19.4. The van der Waals surface area contributed by atoms with E-state index in [1.54, 1.807) is 13.2 Å². The van der Waals surface area contributed by atoms with Gasteiger partial charge in [-0.05, 0) is 44.0 Å². The normalized spacial score (nSPS) is 17.3. The molecule has 204 valence electrons. The molecule has 0 spiro atoms. The van der Waals surface area contributed by atoms with Gasteiger partial charge in [0.05, 0.1) is 19.0 Å². The maximum atomic E-state index is 12.9. The van der Waals surface area contributed by atoms with Crippen LogP contribution in [0.25, 0.3) is 0 Å². The van der Waals surface area contributed by atoms with E-state index in [-0.39, 0.29) is 19.4 Å². The minimum absolute atomic E-state index is 0. The largest absolute Gasteiger partial charge is 0.481 e. The lowest BCUT2D eigenvalue weighted by Gasteiger charge is -2.36.